The van der Waals surface area contributed by atoms with Crippen molar-refractivity contribution in [3.05, 3.63) is 0 Å². The average molecular weight is 271 g/mol. The van der Waals surface area contributed by atoms with Crippen LogP contribution in [0.5, 0.6) is 0 Å². The summed E-state index contributed by atoms with van der Waals surface area (Å²) in [5, 5.41) is 12.4. The molecule has 0 radical (unpaired) electrons. The Kier molecular flexibility index (Phi) is 4.06. The minimum Gasteiger partial charge on any atom is -0.444 e. The Morgan fingerprint density at radius 1 is 1.37 bits per heavy atom. The highest BCUT2D eigenvalue weighted by Gasteiger charge is 2.43. The summed E-state index contributed by atoms with van der Waals surface area (Å²) in [7, 11) is 0. The summed E-state index contributed by atoms with van der Waals surface area (Å²) in [4.78, 5) is 11.7. The Hall–Kier alpha value is -0.810. The average Bonchev–Trinajstić information content (AvgIpc) is 2.64. The third-order valence-corrected chi connectivity index (χ3v) is 3.80. The summed E-state index contributed by atoms with van der Waals surface area (Å²) in [6.45, 7) is 6.08. The highest BCUT2D eigenvalue weighted by Crippen LogP contribution is 2.39. The highest BCUT2D eigenvalue weighted by atomic mass is 16.6. The minimum absolute atomic E-state index is 0.0186. The number of hydrogen-bond acceptors (Lipinski definition) is 4. The van der Waals surface area contributed by atoms with E-state index in [9.17, 15) is 9.90 Å². The van der Waals surface area contributed by atoms with Crippen LogP contribution in [-0.4, -0.2) is 41.2 Å². The number of carbonyl (C=O) groups excluding carboxylic acids is 1. The van der Waals surface area contributed by atoms with Crippen molar-refractivity contribution in [2.24, 2.45) is 0 Å². The van der Waals surface area contributed by atoms with Gasteiger partial charge in [0.2, 0.25) is 0 Å². The van der Waals surface area contributed by atoms with Gasteiger partial charge in [-0.15, -0.1) is 0 Å². The van der Waals surface area contributed by atoms with E-state index in [1.165, 1.54) is 0 Å². The maximum atomic E-state index is 11.7. The molecule has 1 aliphatic heterocycles. The lowest BCUT2D eigenvalue weighted by atomic mass is 9.81. The van der Waals surface area contributed by atoms with Gasteiger partial charge >= 0.3 is 6.09 Å². The fourth-order valence-electron chi connectivity index (χ4n) is 2.89. The number of ether oxygens (including phenoxy) is 2. The Balaban J connectivity index is 1.80. The number of rotatable bonds is 1. The van der Waals surface area contributed by atoms with Crippen molar-refractivity contribution in [1.29, 1.82) is 0 Å². The molecule has 1 saturated carbocycles. The molecule has 1 atom stereocenters. The molecule has 2 rings (SSSR count). The molecule has 5 heteroatoms. The van der Waals surface area contributed by atoms with Crippen LogP contribution in [0, 0.1) is 0 Å². The van der Waals surface area contributed by atoms with Gasteiger partial charge in [-0.25, -0.2) is 4.79 Å². The summed E-state index contributed by atoms with van der Waals surface area (Å²) < 4.78 is 11.1. The van der Waals surface area contributed by atoms with Crippen LogP contribution < -0.4 is 5.32 Å². The van der Waals surface area contributed by atoms with Crippen molar-refractivity contribution in [2.45, 2.75) is 76.2 Å². The SMILES string of the molecule is CC(C)(C)OC(=O)NC1COC2(CCC(O)CC2)C1. The number of aliphatic hydroxyl groups excluding tert-OH is 1. The van der Waals surface area contributed by atoms with Crippen molar-refractivity contribution in [3.8, 4) is 0 Å². The van der Waals surface area contributed by atoms with Gasteiger partial charge in [-0.1, -0.05) is 0 Å². The number of carbonyl (C=O) groups is 1. The van der Waals surface area contributed by atoms with Crippen LogP contribution in [0.25, 0.3) is 0 Å². The zero-order chi connectivity index (χ0) is 14.1. The molecule has 0 aromatic rings. The predicted molar refractivity (Wildman–Crippen MR) is 70.9 cm³/mol. The number of hydrogen-bond donors (Lipinski definition) is 2. The van der Waals surface area contributed by atoms with E-state index in [2.05, 4.69) is 5.32 Å². The summed E-state index contributed by atoms with van der Waals surface area (Å²) in [6, 6.07) is 0.0186. The van der Waals surface area contributed by atoms with E-state index in [1.807, 2.05) is 20.8 Å². The van der Waals surface area contributed by atoms with E-state index < -0.39 is 5.60 Å². The van der Waals surface area contributed by atoms with Gasteiger partial charge in [-0.05, 0) is 52.9 Å². The van der Waals surface area contributed by atoms with Crippen molar-refractivity contribution in [3.63, 3.8) is 0 Å². The largest absolute Gasteiger partial charge is 0.444 e. The Bertz CT molecular complexity index is 329. The van der Waals surface area contributed by atoms with Crippen molar-refractivity contribution in [1.82, 2.24) is 5.32 Å². The van der Waals surface area contributed by atoms with Gasteiger partial charge in [0, 0.05) is 0 Å². The van der Waals surface area contributed by atoms with E-state index in [-0.39, 0.29) is 23.8 Å². The second kappa shape index (κ2) is 5.29. The smallest absolute Gasteiger partial charge is 0.407 e. The fourth-order valence-corrected chi connectivity index (χ4v) is 2.89. The molecule has 1 heterocycles. The Labute approximate surface area is 114 Å². The zero-order valence-corrected chi connectivity index (χ0v) is 12.1. The number of amides is 1. The topological polar surface area (TPSA) is 67.8 Å². The molecule has 0 aromatic heterocycles. The summed E-state index contributed by atoms with van der Waals surface area (Å²) >= 11 is 0. The van der Waals surface area contributed by atoms with Crippen LogP contribution in [0.2, 0.25) is 0 Å². The van der Waals surface area contributed by atoms with Crippen molar-refractivity contribution in [2.75, 3.05) is 6.61 Å². The molecule has 0 aromatic carbocycles. The molecular weight excluding hydrogens is 246 g/mol. The van der Waals surface area contributed by atoms with Crippen LogP contribution in [-0.2, 0) is 9.47 Å². The second-order valence-electron chi connectivity index (χ2n) is 6.77. The molecule has 110 valence electrons. The molecule has 2 aliphatic rings. The molecule has 1 amide bonds. The van der Waals surface area contributed by atoms with Crippen LogP contribution in [0.15, 0.2) is 0 Å². The van der Waals surface area contributed by atoms with Crippen LogP contribution in [0.1, 0.15) is 52.9 Å². The number of nitrogens with one attached hydrogen (secondary N) is 1. The number of alkyl carbamates (subject to hydrolysis) is 1. The fraction of sp³-hybridized carbons (Fsp3) is 0.929. The molecular formula is C14H25NO4. The van der Waals surface area contributed by atoms with Crippen LogP contribution >= 0.6 is 0 Å². The van der Waals surface area contributed by atoms with Gasteiger partial charge in [0.05, 0.1) is 24.4 Å². The first-order chi connectivity index (χ1) is 8.78. The first-order valence-corrected chi connectivity index (χ1v) is 7.10. The monoisotopic (exact) mass is 271 g/mol. The molecule has 19 heavy (non-hydrogen) atoms. The van der Waals surface area contributed by atoms with Crippen molar-refractivity contribution < 1.29 is 19.4 Å². The molecule has 1 saturated heterocycles. The lowest BCUT2D eigenvalue weighted by molar-refractivity contribution is -0.0510. The third kappa shape index (κ3) is 4.08. The summed E-state index contributed by atoms with van der Waals surface area (Å²) in [5.74, 6) is 0. The molecule has 2 N–H and O–H groups in total. The van der Waals surface area contributed by atoms with Gasteiger partial charge in [0.15, 0.2) is 0 Å². The second-order valence-corrected chi connectivity index (χ2v) is 6.77. The normalized spacial score (nSPS) is 35.4. The molecule has 0 bridgehead atoms. The maximum absolute atomic E-state index is 11.7. The highest BCUT2D eigenvalue weighted by molar-refractivity contribution is 5.68. The molecule has 1 unspecified atom stereocenters. The van der Waals surface area contributed by atoms with Crippen LogP contribution in [0.4, 0.5) is 4.79 Å². The van der Waals surface area contributed by atoms with E-state index in [1.54, 1.807) is 0 Å². The van der Waals surface area contributed by atoms with Gasteiger partial charge in [0.1, 0.15) is 5.60 Å². The first kappa shape index (κ1) is 14.6. The third-order valence-electron chi connectivity index (χ3n) is 3.80. The van der Waals surface area contributed by atoms with Crippen LogP contribution in [0.3, 0.4) is 0 Å². The quantitative estimate of drug-likeness (QED) is 0.765. The zero-order valence-electron chi connectivity index (χ0n) is 12.1. The first-order valence-electron chi connectivity index (χ1n) is 7.10. The summed E-state index contributed by atoms with van der Waals surface area (Å²) in [5.41, 5.74) is -0.616. The maximum Gasteiger partial charge on any atom is 0.407 e. The van der Waals surface area contributed by atoms with E-state index in [0.717, 1.165) is 32.1 Å². The Morgan fingerprint density at radius 2 is 2.00 bits per heavy atom. The minimum atomic E-state index is -0.476. The van der Waals surface area contributed by atoms with E-state index in [0.29, 0.717) is 6.61 Å². The number of aliphatic hydroxyl groups is 1. The molecule has 1 aliphatic carbocycles. The lowest BCUT2D eigenvalue weighted by Crippen LogP contribution is -2.41. The standard InChI is InChI=1S/C14H25NO4/c1-13(2,3)19-12(17)15-10-8-14(18-9-10)6-4-11(16)5-7-14/h10-11,16H,4-9H2,1-3H3,(H,15,17). The van der Waals surface area contributed by atoms with Gasteiger partial charge in [-0.2, -0.15) is 0 Å². The predicted octanol–water partition coefficient (Wildman–Crippen LogP) is 1.97. The Morgan fingerprint density at radius 3 is 2.58 bits per heavy atom. The molecule has 5 nitrogen and oxygen atoms in total. The van der Waals surface area contributed by atoms with E-state index in [4.69, 9.17) is 9.47 Å². The lowest BCUT2D eigenvalue weighted by Gasteiger charge is -2.34. The van der Waals surface area contributed by atoms with Crippen molar-refractivity contribution >= 4 is 6.09 Å². The van der Waals surface area contributed by atoms with Gasteiger partial charge < -0.3 is 19.9 Å². The van der Waals surface area contributed by atoms with E-state index >= 15 is 0 Å². The van der Waals surface area contributed by atoms with Gasteiger partial charge in [0.25, 0.3) is 0 Å². The summed E-state index contributed by atoms with van der Waals surface area (Å²) in [6.07, 6.45) is 3.58. The van der Waals surface area contributed by atoms with Gasteiger partial charge in [-0.3, -0.25) is 0 Å². The molecule has 2 fully saturated rings. The molecule has 1 spiro atoms.